The van der Waals surface area contributed by atoms with Gasteiger partial charge in [-0.3, -0.25) is 14.4 Å². The predicted molar refractivity (Wildman–Crippen MR) is 171 cm³/mol. The lowest BCUT2D eigenvalue weighted by Gasteiger charge is -2.39. The highest BCUT2D eigenvalue weighted by Crippen LogP contribution is 2.66. The van der Waals surface area contributed by atoms with Crippen molar-refractivity contribution < 1.29 is 24.2 Å². The van der Waals surface area contributed by atoms with Crippen LogP contribution in [0.25, 0.3) is 0 Å². The summed E-state index contributed by atoms with van der Waals surface area (Å²) in [7, 11) is 0. The number of anilines is 1. The summed E-state index contributed by atoms with van der Waals surface area (Å²) in [5.41, 5.74) is 1.43. The number of rotatable bonds is 11. The second-order valence-corrected chi connectivity index (χ2v) is 13.0. The average molecular weight is 600 g/mol. The van der Waals surface area contributed by atoms with Crippen molar-refractivity contribution in [1.29, 1.82) is 0 Å². The zero-order valence-electron chi connectivity index (χ0n) is 26.5. The first-order valence-electron chi connectivity index (χ1n) is 15.5. The van der Waals surface area contributed by atoms with Crippen LogP contribution in [0, 0.1) is 31.6 Å². The van der Waals surface area contributed by atoms with E-state index in [1.165, 1.54) is 4.90 Å². The van der Waals surface area contributed by atoms with Crippen molar-refractivity contribution >= 4 is 23.4 Å². The first kappa shape index (κ1) is 31.7. The fourth-order valence-electron chi connectivity index (χ4n) is 7.88. The quantitative estimate of drug-likeness (QED) is 0.386. The van der Waals surface area contributed by atoms with Gasteiger partial charge in [0.1, 0.15) is 11.6 Å². The smallest absolute Gasteiger partial charge is 0.253 e. The van der Waals surface area contributed by atoms with Gasteiger partial charge in [0.2, 0.25) is 11.8 Å². The van der Waals surface area contributed by atoms with Crippen molar-refractivity contribution in [2.75, 3.05) is 24.6 Å². The summed E-state index contributed by atoms with van der Waals surface area (Å²) in [6.45, 7) is 18.0. The zero-order valence-corrected chi connectivity index (χ0v) is 26.5. The number of aliphatic hydroxyl groups excluding tert-OH is 1. The van der Waals surface area contributed by atoms with Crippen LogP contribution in [0.2, 0.25) is 0 Å². The van der Waals surface area contributed by atoms with Gasteiger partial charge >= 0.3 is 0 Å². The molecule has 7 atom stereocenters. The standard InChI is InChI=1S/C36H45N3O5/c1-8-17-37(21-27-13-11-10-12-14-27)32(41)29-30-33(42)39(26(6)22-40)31(36(30)20-25(5)35(29,7)44-36)34(43)38(18-9-2)28-19-23(3)15-16-24(28)4/h8-16,19,25-26,29-31,40H,1-2,17-18,20-22H2,3-7H3/t25?,26-,29-,30+,31?,35+,36?/m1/s1. The molecule has 3 fully saturated rings. The van der Waals surface area contributed by atoms with Crippen molar-refractivity contribution in [2.24, 2.45) is 17.8 Å². The largest absolute Gasteiger partial charge is 0.394 e. The summed E-state index contributed by atoms with van der Waals surface area (Å²) < 4.78 is 6.95. The van der Waals surface area contributed by atoms with E-state index in [1.54, 1.807) is 28.9 Å². The summed E-state index contributed by atoms with van der Waals surface area (Å²) in [6.07, 6.45) is 3.81. The van der Waals surface area contributed by atoms with Gasteiger partial charge in [0.15, 0.2) is 0 Å². The number of amides is 3. The van der Waals surface area contributed by atoms with Gasteiger partial charge < -0.3 is 24.5 Å². The number of aliphatic hydroxyl groups is 1. The normalized spacial score (nSPS) is 29.3. The lowest BCUT2D eigenvalue weighted by molar-refractivity contribution is -0.153. The van der Waals surface area contributed by atoms with Gasteiger partial charge in [0, 0.05) is 25.3 Å². The van der Waals surface area contributed by atoms with E-state index >= 15 is 0 Å². The highest BCUT2D eigenvalue weighted by Gasteiger charge is 2.80. The molecular formula is C36H45N3O5. The molecule has 8 nitrogen and oxygen atoms in total. The topological polar surface area (TPSA) is 90.4 Å². The van der Waals surface area contributed by atoms with Gasteiger partial charge in [0.25, 0.3) is 5.91 Å². The SMILES string of the molecule is C=CCN(Cc1ccccc1)C(=O)[C@H]1[C@H]2C(=O)N([C@H](C)CO)C(C(=O)N(CC=C)c3cc(C)ccc3C)C23CC(C)[C@]1(C)O3. The van der Waals surface area contributed by atoms with E-state index in [-0.39, 0.29) is 36.8 Å². The molecule has 8 heteroatoms. The molecule has 0 radical (unpaired) electrons. The number of likely N-dealkylation sites (tertiary alicyclic amines) is 1. The van der Waals surface area contributed by atoms with Gasteiger partial charge in [-0.15, -0.1) is 13.2 Å². The van der Waals surface area contributed by atoms with Crippen molar-refractivity contribution in [1.82, 2.24) is 9.80 Å². The molecule has 2 aromatic carbocycles. The molecule has 2 aromatic rings. The number of hydrogen-bond donors (Lipinski definition) is 1. The summed E-state index contributed by atoms with van der Waals surface area (Å²) in [4.78, 5) is 49.0. The van der Waals surface area contributed by atoms with Crippen molar-refractivity contribution in [3.05, 3.63) is 90.5 Å². The molecule has 3 unspecified atom stereocenters. The fourth-order valence-corrected chi connectivity index (χ4v) is 7.88. The van der Waals surface area contributed by atoms with Crippen molar-refractivity contribution in [3.8, 4) is 0 Å². The van der Waals surface area contributed by atoms with Gasteiger partial charge in [-0.1, -0.05) is 61.5 Å². The maximum atomic E-state index is 14.9. The Balaban J connectivity index is 1.62. The third-order valence-corrected chi connectivity index (χ3v) is 10.1. The van der Waals surface area contributed by atoms with Gasteiger partial charge in [-0.2, -0.15) is 0 Å². The lowest BCUT2D eigenvalue weighted by Crippen LogP contribution is -2.58. The minimum Gasteiger partial charge on any atom is -0.394 e. The van der Waals surface area contributed by atoms with E-state index in [4.69, 9.17) is 4.74 Å². The Hall–Kier alpha value is -3.75. The molecule has 0 aromatic heterocycles. The molecule has 3 saturated heterocycles. The Labute approximate surface area is 261 Å². The van der Waals surface area contributed by atoms with Crippen molar-refractivity contribution in [3.63, 3.8) is 0 Å². The highest BCUT2D eigenvalue weighted by molar-refractivity contribution is 6.05. The minimum atomic E-state index is -1.23. The van der Waals surface area contributed by atoms with E-state index in [0.717, 1.165) is 22.4 Å². The van der Waals surface area contributed by atoms with Crippen LogP contribution in [-0.2, 0) is 25.7 Å². The van der Waals surface area contributed by atoms with E-state index in [1.807, 2.05) is 76.2 Å². The summed E-state index contributed by atoms with van der Waals surface area (Å²) in [5.74, 6) is -2.59. The molecule has 1 spiro atoms. The maximum Gasteiger partial charge on any atom is 0.253 e. The molecule has 234 valence electrons. The van der Waals surface area contributed by atoms with E-state index in [0.29, 0.717) is 19.5 Å². The van der Waals surface area contributed by atoms with Gasteiger partial charge in [-0.05, 0) is 62.8 Å². The van der Waals surface area contributed by atoms with Crippen LogP contribution >= 0.6 is 0 Å². The number of carbonyl (C=O) groups is 3. The number of hydrogen-bond acceptors (Lipinski definition) is 5. The number of carbonyl (C=O) groups excluding carboxylic acids is 3. The highest BCUT2D eigenvalue weighted by atomic mass is 16.5. The second-order valence-electron chi connectivity index (χ2n) is 13.0. The monoisotopic (exact) mass is 599 g/mol. The number of benzene rings is 2. The Kier molecular flexibility index (Phi) is 8.62. The lowest BCUT2D eigenvalue weighted by atomic mass is 9.62. The third kappa shape index (κ3) is 4.88. The second kappa shape index (κ2) is 12.0. The van der Waals surface area contributed by atoms with Crippen LogP contribution in [0.5, 0.6) is 0 Å². The third-order valence-electron chi connectivity index (χ3n) is 10.1. The van der Waals surface area contributed by atoms with Gasteiger partial charge in [0.05, 0.1) is 30.1 Å². The summed E-state index contributed by atoms with van der Waals surface area (Å²) in [6, 6.07) is 14.0. The molecule has 3 amide bonds. The molecule has 3 aliphatic heterocycles. The zero-order chi connectivity index (χ0) is 32.0. The van der Waals surface area contributed by atoms with Crippen LogP contribution in [0.3, 0.4) is 0 Å². The Bertz CT molecular complexity index is 1460. The summed E-state index contributed by atoms with van der Waals surface area (Å²) >= 11 is 0. The van der Waals surface area contributed by atoms with Crippen LogP contribution in [-0.4, -0.2) is 75.6 Å². The van der Waals surface area contributed by atoms with E-state index in [9.17, 15) is 19.5 Å². The Morgan fingerprint density at radius 1 is 1.11 bits per heavy atom. The number of nitrogens with zero attached hydrogens (tertiary/aromatic N) is 3. The van der Waals surface area contributed by atoms with Crippen LogP contribution in [0.4, 0.5) is 5.69 Å². The molecule has 5 rings (SSSR count). The number of ether oxygens (including phenoxy) is 1. The summed E-state index contributed by atoms with van der Waals surface area (Å²) in [5, 5.41) is 10.3. The number of fused-ring (bicyclic) bond motifs is 1. The average Bonchev–Trinajstić information content (AvgIpc) is 3.52. The predicted octanol–water partition coefficient (Wildman–Crippen LogP) is 4.43. The van der Waals surface area contributed by atoms with Crippen LogP contribution < -0.4 is 4.90 Å². The first-order chi connectivity index (χ1) is 20.9. The first-order valence-corrected chi connectivity index (χ1v) is 15.5. The molecule has 0 saturated carbocycles. The number of aryl methyl sites for hydroxylation is 2. The molecule has 0 aliphatic carbocycles. The van der Waals surface area contributed by atoms with E-state index < -0.39 is 35.1 Å². The molecule has 3 aliphatic rings. The Morgan fingerprint density at radius 2 is 1.80 bits per heavy atom. The van der Waals surface area contributed by atoms with Crippen molar-refractivity contribution in [2.45, 2.75) is 70.9 Å². The molecule has 1 N–H and O–H groups in total. The van der Waals surface area contributed by atoms with Gasteiger partial charge in [-0.25, -0.2) is 0 Å². The molecule has 44 heavy (non-hydrogen) atoms. The van der Waals surface area contributed by atoms with E-state index in [2.05, 4.69) is 13.2 Å². The molecular weight excluding hydrogens is 554 g/mol. The molecule has 3 heterocycles. The maximum absolute atomic E-state index is 14.9. The van der Waals surface area contributed by atoms with Crippen LogP contribution in [0.1, 0.15) is 43.9 Å². The van der Waals surface area contributed by atoms with Crippen LogP contribution in [0.15, 0.2) is 73.8 Å². The fraction of sp³-hybridized carbons (Fsp3) is 0.472. The minimum absolute atomic E-state index is 0.101. The molecule has 2 bridgehead atoms. The Morgan fingerprint density at radius 3 is 2.43 bits per heavy atom.